The highest BCUT2D eigenvalue weighted by Crippen LogP contribution is 2.33. The first kappa shape index (κ1) is 14.1. The highest BCUT2D eigenvalue weighted by molar-refractivity contribution is 5.94. The molecule has 0 aliphatic carbocycles. The Balaban J connectivity index is 1.75. The van der Waals surface area contributed by atoms with Gasteiger partial charge >= 0.3 is 0 Å². The number of rotatable bonds is 4. The lowest BCUT2D eigenvalue weighted by molar-refractivity contribution is -0.129. The Morgan fingerprint density at radius 2 is 2.29 bits per heavy atom. The summed E-state index contributed by atoms with van der Waals surface area (Å²) in [7, 11) is 1.63. The van der Waals surface area contributed by atoms with Gasteiger partial charge in [-0.2, -0.15) is 0 Å². The van der Waals surface area contributed by atoms with Gasteiger partial charge in [0.1, 0.15) is 0 Å². The van der Waals surface area contributed by atoms with Gasteiger partial charge in [0, 0.05) is 32.2 Å². The summed E-state index contributed by atoms with van der Waals surface area (Å²) in [6, 6.07) is 1.86. The molecule has 3 heterocycles. The molecule has 0 bridgehead atoms. The molecule has 0 unspecified atom stereocenters. The summed E-state index contributed by atoms with van der Waals surface area (Å²) in [6.45, 7) is 3.65. The lowest BCUT2D eigenvalue weighted by atomic mass is 10.1. The largest absolute Gasteiger partial charge is 0.459 e. The molecule has 1 aromatic heterocycles. The van der Waals surface area contributed by atoms with Crippen LogP contribution in [-0.4, -0.2) is 60.5 Å². The second kappa shape index (κ2) is 5.52. The van der Waals surface area contributed by atoms with Crippen LogP contribution in [0.2, 0.25) is 0 Å². The number of methoxy groups -OCH3 is 1. The van der Waals surface area contributed by atoms with Crippen molar-refractivity contribution in [3.63, 3.8) is 0 Å². The molecule has 2 aliphatic heterocycles. The summed E-state index contributed by atoms with van der Waals surface area (Å²) >= 11 is 0. The van der Waals surface area contributed by atoms with Gasteiger partial charge in [-0.05, 0) is 19.4 Å². The summed E-state index contributed by atoms with van der Waals surface area (Å²) in [5, 5.41) is 0. The third-order valence-corrected chi connectivity index (χ3v) is 4.47. The maximum Gasteiger partial charge on any atom is 0.290 e. The van der Waals surface area contributed by atoms with E-state index in [2.05, 4.69) is 0 Å². The van der Waals surface area contributed by atoms with E-state index in [9.17, 15) is 9.59 Å². The van der Waals surface area contributed by atoms with Crippen molar-refractivity contribution in [2.45, 2.75) is 31.8 Å². The molecule has 2 aliphatic rings. The van der Waals surface area contributed by atoms with Gasteiger partial charge in [0.25, 0.3) is 5.91 Å². The molecule has 3 rings (SSSR count). The SMILES string of the molecule is COCCN1C(=O)C[C@H]2[C@@H]1CCN2C(=O)c1occc1C. The lowest BCUT2D eigenvalue weighted by Crippen LogP contribution is -2.40. The normalized spacial score (nSPS) is 24.8. The van der Waals surface area contributed by atoms with Crippen LogP contribution in [0.4, 0.5) is 0 Å². The summed E-state index contributed by atoms with van der Waals surface area (Å²) in [5.41, 5.74) is 0.837. The number of fused-ring (bicyclic) bond motifs is 1. The fourth-order valence-corrected chi connectivity index (χ4v) is 3.38. The third kappa shape index (κ3) is 2.33. The predicted molar refractivity (Wildman–Crippen MR) is 74.9 cm³/mol. The molecule has 2 amide bonds. The van der Waals surface area contributed by atoms with Crippen molar-refractivity contribution in [3.8, 4) is 0 Å². The molecule has 0 N–H and O–H groups in total. The smallest absolute Gasteiger partial charge is 0.290 e. The number of hydrogen-bond donors (Lipinski definition) is 0. The van der Waals surface area contributed by atoms with Crippen molar-refractivity contribution in [1.82, 2.24) is 9.80 Å². The summed E-state index contributed by atoms with van der Waals surface area (Å²) in [6.07, 6.45) is 2.76. The van der Waals surface area contributed by atoms with Crippen LogP contribution < -0.4 is 0 Å². The topological polar surface area (TPSA) is 63.0 Å². The van der Waals surface area contributed by atoms with E-state index in [0.29, 0.717) is 31.9 Å². The fourth-order valence-electron chi connectivity index (χ4n) is 3.38. The van der Waals surface area contributed by atoms with Gasteiger partial charge in [0.05, 0.1) is 25.0 Å². The second-order valence-corrected chi connectivity index (χ2v) is 5.64. The molecule has 2 atom stereocenters. The number of hydrogen-bond acceptors (Lipinski definition) is 4. The fraction of sp³-hybridized carbons (Fsp3) is 0.600. The zero-order chi connectivity index (χ0) is 15.0. The van der Waals surface area contributed by atoms with Crippen LogP contribution >= 0.6 is 0 Å². The molecule has 114 valence electrons. The van der Waals surface area contributed by atoms with Crippen LogP contribution in [0.1, 0.15) is 29.0 Å². The molecule has 6 heteroatoms. The van der Waals surface area contributed by atoms with E-state index in [-0.39, 0.29) is 23.9 Å². The second-order valence-electron chi connectivity index (χ2n) is 5.64. The first-order valence-corrected chi connectivity index (χ1v) is 7.27. The Morgan fingerprint density at radius 1 is 1.48 bits per heavy atom. The maximum absolute atomic E-state index is 12.6. The van der Waals surface area contributed by atoms with Crippen LogP contribution in [0, 0.1) is 6.92 Å². The number of nitrogens with zero attached hydrogens (tertiary/aromatic N) is 2. The van der Waals surface area contributed by atoms with Crippen molar-refractivity contribution < 1.29 is 18.7 Å². The van der Waals surface area contributed by atoms with Crippen molar-refractivity contribution >= 4 is 11.8 Å². The zero-order valence-corrected chi connectivity index (χ0v) is 12.4. The summed E-state index contributed by atoms with van der Waals surface area (Å²) < 4.78 is 10.4. The van der Waals surface area contributed by atoms with Gasteiger partial charge in [-0.15, -0.1) is 0 Å². The number of carbonyl (C=O) groups is 2. The number of amides is 2. The van der Waals surface area contributed by atoms with Gasteiger partial charge in [-0.3, -0.25) is 9.59 Å². The number of ether oxygens (including phenoxy) is 1. The minimum atomic E-state index is -0.105. The quantitative estimate of drug-likeness (QED) is 0.832. The predicted octanol–water partition coefficient (Wildman–Crippen LogP) is 1.05. The van der Waals surface area contributed by atoms with E-state index in [1.54, 1.807) is 18.1 Å². The average molecular weight is 292 g/mol. The van der Waals surface area contributed by atoms with Crippen molar-refractivity contribution in [2.75, 3.05) is 26.8 Å². The molecule has 21 heavy (non-hydrogen) atoms. The molecule has 1 aromatic rings. The van der Waals surface area contributed by atoms with Crippen LogP contribution in [0.3, 0.4) is 0 Å². The van der Waals surface area contributed by atoms with Crippen LogP contribution in [0.25, 0.3) is 0 Å². The van der Waals surface area contributed by atoms with E-state index >= 15 is 0 Å². The van der Waals surface area contributed by atoms with E-state index in [1.807, 2.05) is 11.8 Å². The van der Waals surface area contributed by atoms with Crippen molar-refractivity contribution in [3.05, 3.63) is 23.7 Å². The Kier molecular flexibility index (Phi) is 3.71. The Labute approximate surface area is 123 Å². The lowest BCUT2D eigenvalue weighted by Gasteiger charge is -2.24. The van der Waals surface area contributed by atoms with Gasteiger partial charge in [0.2, 0.25) is 5.91 Å². The van der Waals surface area contributed by atoms with Gasteiger partial charge in [0.15, 0.2) is 5.76 Å². The number of likely N-dealkylation sites (tertiary alicyclic amines) is 2. The van der Waals surface area contributed by atoms with Crippen LogP contribution in [0.5, 0.6) is 0 Å². The first-order valence-electron chi connectivity index (χ1n) is 7.27. The van der Waals surface area contributed by atoms with E-state index in [0.717, 1.165) is 12.0 Å². The Hall–Kier alpha value is -1.82. The number of carbonyl (C=O) groups excluding carboxylic acids is 2. The Bertz CT molecular complexity index is 554. The first-order chi connectivity index (χ1) is 10.1. The zero-order valence-electron chi connectivity index (χ0n) is 12.4. The third-order valence-electron chi connectivity index (χ3n) is 4.47. The molecule has 6 nitrogen and oxygen atoms in total. The minimum Gasteiger partial charge on any atom is -0.459 e. The molecule has 0 aromatic carbocycles. The molecular weight excluding hydrogens is 272 g/mol. The maximum atomic E-state index is 12.6. The van der Waals surface area contributed by atoms with E-state index in [4.69, 9.17) is 9.15 Å². The molecule has 0 saturated carbocycles. The average Bonchev–Trinajstić information content (AvgIpc) is 3.12. The number of furan rings is 1. The highest BCUT2D eigenvalue weighted by atomic mass is 16.5. The van der Waals surface area contributed by atoms with Crippen molar-refractivity contribution in [2.24, 2.45) is 0 Å². The van der Waals surface area contributed by atoms with Gasteiger partial charge in [-0.1, -0.05) is 0 Å². The standard InChI is InChI=1S/C15H20N2O4/c1-10-4-7-21-14(10)15(19)17-5-3-11-12(17)9-13(18)16(11)6-8-20-2/h4,7,11-12H,3,5-6,8-9H2,1-2H3/t11-,12-/m0/s1. The molecular formula is C15H20N2O4. The monoisotopic (exact) mass is 292 g/mol. The van der Waals surface area contributed by atoms with E-state index < -0.39 is 0 Å². The van der Waals surface area contributed by atoms with E-state index in [1.165, 1.54) is 6.26 Å². The molecule has 0 radical (unpaired) electrons. The highest BCUT2D eigenvalue weighted by Gasteiger charge is 2.48. The minimum absolute atomic E-state index is 0.0358. The molecule has 0 spiro atoms. The Morgan fingerprint density at radius 3 is 2.95 bits per heavy atom. The summed E-state index contributed by atoms with van der Waals surface area (Å²) in [4.78, 5) is 28.4. The summed E-state index contributed by atoms with van der Waals surface area (Å²) in [5.74, 6) is 0.389. The van der Waals surface area contributed by atoms with Gasteiger partial charge < -0.3 is 19.0 Å². The van der Waals surface area contributed by atoms with Crippen LogP contribution in [-0.2, 0) is 9.53 Å². The van der Waals surface area contributed by atoms with Gasteiger partial charge in [-0.25, -0.2) is 0 Å². The molecule has 2 saturated heterocycles. The van der Waals surface area contributed by atoms with Crippen molar-refractivity contribution in [1.29, 1.82) is 0 Å². The molecule has 2 fully saturated rings. The van der Waals surface area contributed by atoms with Crippen LogP contribution in [0.15, 0.2) is 16.7 Å². The number of aryl methyl sites for hydroxylation is 1.